The van der Waals surface area contributed by atoms with Crippen molar-refractivity contribution in [1.29, 1.82) is 0 Å². The molecule has 144 valence electrons. The zero-order chi connectivity index (χ0) is 19.1. The molecular weight excluding hydrogens is 344 g/mol. The molecule has 2 aromatic carbocycles. The van der Waals surface area contributed by atoms with Gasteiger partial charge in [0.05, 0.1) is 26.4 Å². The van der Waals surface area contributed by atoms with Gasteiger partial charge in [0.15, 0.2) is 11.5 Å². The monoisotopic (exact) mass is 370 g/mol. The van der Waals surface area contributed by atoms with Gasteiger partial charge in [-0.3, -0.25) is 9.69 Å². The standard InChI is InChI=1S/C21H26N2O4/c1-3-18(23-12-14-26-15-13-23)21(24)22-16-8-10-17(11-9-16)27-20-7-5-4-6-19(20)25-2/h4-11,18H,3,12-15H2,1-2H3,(H,22,24). The van der Waals surface area contributed by atoms with Crippen LogP contribution in [0.25, 0.3) is 0 Å². The molecule has 1 unspecified atom stereocenters. The van der Waals surface area contributed by atoms with Crippen LogP contribution in [0.4, 0.5) is 5.69 Å². The number of hydrogen-bond donors (Lipinski definition) is 1. The Balaban J connectivity index is 1.62. The topological polar surface area (TPSA) is 60.0 Å². The number of carbonyl (C=O) groups excluding carboxylic acids is 1. The van der Waals surface area contributed by atoms with Gasteiger partial charge in [-0.05, 0) is 42.8 Å². The van der Waals surface area contributed by atoms with Crippen LogP contribution in [0.2, 0.25) is 0 Å². The summed E-state index contributed by atoms with van der Waals surface area (Å²) in [6.45, 7) is 4.97. The lowest BCUT2D eigenvalue weighted by Crippen LogP contribution is -2.48. The molecule has 1 saturated heterocycles. The fourth-order valence-corrected chi connectivity index (χ4v) is 3.16. The number of para-hydroxylation sites is 2. The van der Waals surface area contributed by atoms with Gasteiger partial charge in [0.25, 0.3) is 0 Å². The molecule has 0 saturated carbocycles. The van der Waals surface area contributed by atoms with Crippen molar-refractivity contribution in [2.45, 2.75) is 19.4 Å². The summed E-state index contributed by atoms with van der Waals surface area (Å²) in [4.78, 5) is 14.8. The van der Waals surface area contributed by atoms with Gasteiger partial charge in [-0.15, -0.1) is 0 Å². The minimum absolute atomic E-state index is 0.0118. The molecule has 0 aromatic heterocycles. The second kappa shape index (κ2) is 9.39. The van der Waals surface area contributed by atoms with E-state index in [0.29, 0.717) is 30.5 Å². The second-order valence-corrected chi connectivity index (χ2v) is 6.34. The molecule has 1 amide bonds. The molecular formula is C21H26N2O4. The number of benzene rings is 2. The Bertz CT molecular complexity index is 742. The summed E-state index contributed by atoms with van der Waals surface area (Å²) in [6, 6.07) is 14.7. The van der Waals surface area contributed by atoms with Crippen LogP contribution < -0.4 is 14.8 Å². The van der Waals surface area contributed by atoms with E-state index in [1.165, 1.54) is 0 Å². The summed E-state index contributed by atoms with van der Waals surface area (Å²) < 4.78 is 16.5. The summed E-state index contributed by atoms with van der Waals surface area (Å²) in [5.41, 5.74) is 0.749. The third kappa shape index (κ3) is 4.99. The average molecular weight is 370 g/mol. The largest absolute Gasteiger partial charge is 0.493 e. The van der Waals surface area contributed by atoms with Gasteiger partial charge in [0.1, 0.15) is 5.75 Å². The van der Waals surface area contributed by atoms with E-state index in [1.807, 2.05) is 55.5 Å². The van der Waals surface area contributed by atoms with E-state index in [9.17, 15) is 4.79 Å². The molecule has 6 nitrogen and oxygen atoms in total. The maximum atomic E-state index is 12.7. The highest BCUT2D eigenvalue weighted by molar-refractivity contribution is 5.94. The van der Waals surface area contributed by atoms with Crippen molar-refractivity contribution < 1.29 is 19.0 Å². The van der Waals surface area contributed by atoms with Crippen molar-refractivity contribution in [3.05, 3.63) is 48.5 Å². The summed E-state index contributed by atoms with van der Waals surface area (Å²) in [5.74, 6) is 2.01. The van der Waals surface area contributed by atoms with Gasteiger partial charge in [-0.25, -0.2) is 0 Å². The summed E-state index contributed by atoms with van der Waals surface area (Å²) in [7, 11) is 1.61. The number of carbonyl (C=O) groups is 1. The maximum Gasteiger partial charge on any atom is 0.241 e. The molecule has 1 fully saturated rings. The summed E-state index contributed by atoms with van der Waals surface area (Å²) in [5, 5.41) is 3.00. The molecule has 0 radical (unpaired) electrons. The predicted octanol–water partition coefficient (Wildman–Crippen LogP) is 3.54. The number of methoxy groups -OCH3 is 1. The predicted molar refractivity (Wildman–Crippen MR) is 105 cm³/mol. The smallest absolute Gasteiger partial charge is 0.241 e. The Morgan fingerprint density at radius 3 is 2.41 bits per heavy atom. The molecule has 2 aromatic rings. The zero-order valence-corrected chi connectivity index (χ0v) is 15.8. The lowest BCUT2D eigenvalue weighted by atomic mass is 10.1. The molecule has 0 bridgehead atoms. The van der Waals surface area contributed by atoms with E-state index in [0.717, 1.165) is 25.2 Å². The van der Waals surface area contributed by atoms with E-state index in [2.05, 4.69) is 10.2 Å². The van der Waals surface area contributed by atoms with E-state index >= 15 is 0 Å². The highest BCUT2D eigenvalue weighted by atomic mass is 16.5. The van der Waals surface area contributed by atoms with Crippen molar-refractivity contribution >= 4 is 11.6 Å². The molecule has 1 N–H and O–H groups in total. The van der Waals surface area contributed by atoms with Crippen LogP contribution in [0, 0.1) is 0 Å². The van der Waals surface area contributed by atoms with Crippen molar-refractivity contribution in [3.8, 4) is 17.2 Å². The fourth-order valence-electron chi connectivity index (χ4n) is 3.16. The Morgan fingerprint density at radius 1 is 1.11 bits per heavy atom. The Hall–Kier alpha value is -2.57. The molecule has 1 aliphatic heterocycles. The van der Waals surface area contributed by atoms with Crippen molar-refractivity contribution in [2.24, 2.45) is 0 Å². The SMILES string of the molecule is CCC(C(=O)Nc1ccc(Oc2ccccc2OC)cc1)N1CCOCC1. The van der Waals surface area contributed by atoms with Crippen molar-refractivity contribution in [3.63, 3.8) is 0 Å². The number of morpholine rings is 1. The first-order valence-electron chi connectivity index (χ1n) is 9.25. The Labute approximate surface area is 160 Å². The number of hydrogen-bond acceptors (Lipinski definition) is 5. The van der Waals surface area contributed by atoms with Crippen LogP contribution >= 0.6 is 0 Å². The van der Waals surface area contributed by atoms with Crippen LogP contribution in [-0.2, 0) is 9.53 Å². The van der Waals surface area contributed by atoms with Crippen LogP contribution in [0.5, 0.6) is 17.2 Å². The van der Waals surface area contributed by atoms with Crippen LogP contribution in [-0.4, -0.2) is 50.3 Å². The molecule has 1 atom stereocenters. The molecule has 1 aliphatic rings. The minimum Gasteiger partial charge on any atom is -0.493 e. The summed E-state index contributed by atoms with van der Waals surface area (Å²) >= 11 is 0. The number of ether oxygens (including phenoxy) is 3. The Morgan fingerprint density at radius 2 is 1.78 bits per heavy atom. The van der Waals surface area contributed by atoms with Gasteiger partial charge in [0, 0.05) is 18.8 Å². The normalized spacial score (nSPS) is 15.8. The number of amides is 1. The van der Waals surface area contributed by atoms with E-state index < -0.39 is 0 Å². The molecule has 0 spiro atoms. The molecule has 27 heavy (non-hydrogen) atoms. The second-order valence-electron chi connectivity index (χ2n) is 6.34. The van der Waals surface area contributed by atoms with Crippen LogP contribution in [0.3, 0.4) is 0 Å². The van der Waals surface area contributed by atoms with Gasteiger partial charge in [0.2, 0.25) is 5.91 Å². The maximum absolute atomic E-state index is 12.7. The van der Waals surface area contributed by atoms with Crippen LogP contribution in [0.1, 0.15) is 13.3 Å². The van der Waals surface area contributed by atoms with Gasteiger partial charge in [-0.1, -0.05) is 19.1 Å². The zero-order valence-electron chi connectivity index (χ0n) is 15.8. The van der Waals surface area contributed by atoms with E-state index in [-0.39, 0.29) is 11.9 Å². The first-order valence-corrected chi connectivity index (χ1v) is 9.25. The summed E-state index contributed by atoms with van der Waals surface area (Å²) in [6.07, 6.45) is 0.765. The quantitative estimate of drug-likeness (QED) is 0.808. The van der Waals surface area contributed by atoms with E-state index in [1.54, 1.807) is 7.11 Å². The van der Waals surface area contributed by atoms with Crippen molar-refractivity contribution in [1.82, 2.24) is 4.90 Å². The molecule has 6 heteroatoms. The number of rotatable bonds is 7. The lowest BCUT2D eigenvalue weighted by molar-refractivity contribution is -0.123. The first-order chi connectivity index (χ1) is 13.2. The molecule has 3 rings (SSSR count). The lowest BCUT2D eigenvalue weighted by Gasteiger charge is -2.32. The third-order valence-electron chi connectivity index (χ3n) is 4.59. The highest BCUT2D eigenvalue weighted by Crippen LogP contribution is 2.31. The van der Waals surface area contributed by atoms with Gasteiger partial charge in [-0.2, -0.15) is 0 Å². The van der Waals surface area contributed by atoms with Gasteiger partial charge < -0.3 is 19.5 Å². The molecule has 1 heterocycles. The average Bonchev–Trinajstić information content (AvgIpc) is 2.71. The number of anilines is 1. The van der Waals surface area contributed by atoms with Crippen molar-refractivity contribution in [2.75, 3.05) is 38.7 Å². The van der Waals surface area contributed by atoms with Gasteiger partial charge >= 0.3 is 0 Å². The van der Waals surface area contributed by atoms with Crippen LogP contribution in [0.15, 0.2) is 48.5 Å². The Kier molecular flexibility index (Phi) is 6.68. The minimum atomic E-state index is -0.140. The number of nitrogens with zero attached hydrogens (tertiary/aromatic N) is 1. The number of nitrogens with one attached hydrogen (secondary N) is 1. The first kappa shape index (κ1) is 19.2. The van der Waals surface area contributed by atoms with E-state index in [4.69, 9.17) is 14.2 Å². The highest BCUT2D eigenvalue weighted by Gasteiger charge is 2.25. The molecule has 0 aliphatic carbocycles. The fraction of sp³-hybridized carbons (Fsp3) is 0.381. The third-order valence-corrected chi connectivity index (χ3v) is 4.59.